The zero-order valence-electron chi connectivity index (χ0n) is 10.0. The molecular weight excluding hydrogens is 216 g/mol. The number of hydrogen-bond donors (Lipinski definition) is 3. The molecule has 0 amide bonds. The number of aliphatic hydroxyl groups is 1. The number of rotatable bonds is 2. The van der Waals surface area contributed by atoms with Crippen molar-refractivity contribution in [2.75, 3.05) is 11.9 Å². The Hall–Kier alpha value is -1.07. The first-order valence-corrected chi connectivity index (χ1v) is 6.53. The number of hydrogen-bond acceptors (Lipinski definition) is 4. The third-order valence-corrected chi connectivity index (χ3v) is 3.72. The highest BCUT2D eigenvalue weighted by atomic mass is 16.3. The number of nitrogens with zero attached hydrogens (tertiary/aromatic N) is 2. The molecule has 2 heterocycles. The molecule has 3 rings (SSSR count). The molecule has 1 saturated carbocycles. The molecule has 1 fully saturated rings. The molecule has 0 saturated heterocycles. The van der Waals surface area contributed by atoms with Gasteiger partial charge in [0.15, 0.2) is 0 Å². The van der Waals surface area contributed by atoms with Gasteiger partial charge in [-0.25, -0.2) is 0 Å². The average Bonchev–Trinajstić information content (AvgIpc) is 2.74. The van der Waals surface area contributed by atoms with Gasteiger partial charge in [0, 0.05) is 25.2 Å². The largest absolute Gasteiger partial charge is 0.393 e. The Kier molecular flexibility index (Phi) is 3.03. The Balaban J connectivity index is 1.63. The lowest BCUT2D eigenvalue weighted by Gasteiger charge is -2.25. The second kappa shape index (κ2) is 4.66. The van der Waals surface area contributed by atoms with Gasteiger partial charge in [0.25, 0.3) is 0 Å². The third-order valence-electron chi connectivity index (χ3n) is 3.72. The molecule has 5 heteroatoms. The summed E-state index contributed by atoms with van der Waals surface area (Å²) in [6.45, 7) is 2.88. The van der Waals surface area contributed by atoms with E-state index in [9.17, 15) is 5.11 Å². The lowest BCUT2D eigenvalue weighted by Crippen LogP contribution is -2.29. The summed E-state index contributed by atoms with van der Waals surface area (Å²) < 4.78 is 2.08. The van der Waals surface area contributed by atoms with Crippen molar-refractivity contribution in [3.8, 4) is 0 Å². The van der Waals surface area contributed by atoms with Crippen LogP contribution < -0.4 is 10.6 Å². The minimum atomic E-state index is -0.0903. The Labute approximate surface area is 101 Å². The summed E-state index contributed by atoms with van der Waals surface area (Å²) >= 11 is 0. The lowest BCUT2D eigenvalue weighted by atomic mass is 9.93. The van der Waals surface area contributed by atoms with E-state index in [-0.39, 0.29) is 6.10 Å². The first kappa shape index (κ1) is 11.0. The second-order valence-corrected chi connectivity index (χ2v) is 5.07. The van der Waals surface area contributed by atoms with Crippen LogP contribution in [-0.2, 0) is 13.1 Å². The number of aliphatic hydroxyl groups excluding tert-OH is 1. The van der Waals surface area contributed by atoms with E-state index in [0.717, 1.165) is 51.1 Å². The van der Waals surface area contributed by atoms with Gasteiger partial charge < -0.3 is 15.7 Å². The monoisotopic (exact) mass is 236 g/mol. The van der Waals surface area contributed by atoms with Crippen LogP contribution in [0, 0.1) is 0 Å². The van der Waals surface area contributed by atoms with Crippen LogP contribution in [0.25, 0.3) is 0 Å². The second-order valence-electron chi connectivity index (χ2n) is 5.07. The molecule has 0 aromatic carbocycles. The zero-order chi connectivity index (χ0) is 11.7. The summed E-state index contributed by atoms with van der Waals surface area (Å²) in [6, 6.07) is 2.61. The van der Waals surface area contributed by atoms with E-state index in [4.69, 9.17) is 0 Å². The van der Waals surface area contributed by atoms with Gasteiger partial charge in [0.05, 0.1) is 18.3 Å². The molecule has 3 N–H and O–H groups in total. The number of aromatic nitrogens is 2. The number of fused-ring (bicyclic) bond motifs is 1. The quantitative estimate of drug-likeness (QED) is 0.707. The van der Waals surface area contributed by atoms with Crippen molar-refractivity contribution in [3.63, 3.8) is 0 Å². The fourth-order valence-electron chi connectivity index (χ4n) is 2.69. The van der Waals surface area contributed by atoms with Gasteiger partial charge in [-0.1, -0.05) is 0 Å². The van der Waals surface area contributed by atoms with Gasteiger partial charge in [-0.15, -0.1) is 0 Å². The zero-order valence-corrected chi connectivity index (χ0v) is 10.0. The molecule has 1 aliphatic carbocycles. The molecule has 17 heavy (non-hydrogen) atoms. The summed E-state index contributed by atoms with van der Waals surface area (Å²) in [4.78, 5) is 0. The summed E-state index contributed by atoms with van der Waals surface area (Å²) in [5.41, 5.74) is 1.26. The van der Waals surface area contributed by atoms with E-state index in [0.29, 0.717) is 6.04 Å². The fourth-order valence-corrected chi connectivity index (χ4v) is 2.69. The maximum absolute atomic E-state index is 9.47. The topological polar surface area (TPSA) is 62.1 Å². The molecule has 5 nitrogen and oxygen atoms in total. The average molecular weight is 236 g/mol. The molecule has 0 unspecified atom stereocenters. The van der Waals surface area contributed by atoms with Crippen molar-refractivity contribution in [1.29, 1.82) is 0 Å². The van der Waals surface area contributed by atoms with E-state index in [1.807, 2.05) is 0 Å². The number of anilines is 1. The van der Waals surface area contributed by atoms with Gasteiger partial charge in [0.1, 0.15) is 5.82 Å². The summed E-state index contributed by atoms with van der Waals surface area (Å²) in [6.07, 6.45) is 3.82. The molecular formula is C12H20N4O. The molecule has 0 radical (unpaired) electrons. The van der Waals surface area contributed by atoms with Crippen LogP contribution in [0.1, 0.15) is 31.4 Å². The van der Waals surface area contributed by atoms with Crippen LogP contribution in [0.5, 0.6) is 0 Å². The van der Waals surface area contributed by atoms with Crippen LogP contribution in [0.4, 0.5) is 5.82 Å². The maximum Gasteiger partial charge on any atom is 0.148 e. The van der Waals surface area contributed by atoms with E-state index >= 15 is 0 Å². The smallest absolute Gasteiger partial charge is 0.148 e. The van der Waals surface area contributed by atoms with Crippen LogP contribution in [0.15, 0.2) is 6.07 Å². The number of nitrogens with one attached hydrogen (secondary N) is 2. The van der Waals surface area contributed by atoms with Crippen LogP contribution >= 0.6 is 0 Å². The minimum absolute atomic E-state index is 0.0903. The molecule has 1 aromatic heterocycles. The van der Waals surface area contributed by atoms with Gasteiger partial charge in [-0.2, -0.15) is 5.10 Å². The van der Waals surface area contributed by atoms with Crippen LogP contribution in [-0.4, -0.2) is 33.6 Å². The summed E-state index contributed by atoms with van der Waals surface area (Å²) in [5.74, 6) is 0.991. The van der Waals surface area contributed by atoms with E-state index in [1.54, 1.807) is 0 Å². The van der Waals surface area contributed by atoms with Gasteiger partial charge in [-0.05, 0) is 25.7 Å². The van der Waals surface area contributed by atoms with Crippen molar-refractivity contribution in [3.05, 3.63) is 11.8 Å². The van der Waals surface area contributed by atoms with Crippen LogP contribution in [0.3, 0.4) is 0 Å². The molecule has 0 bridgehead atoms. The van der Waals surface area contributed by atoms with E-state index in [1.165, 1.54) is 5.69 Å². The summed E-state index contributed by atoms with van der Waals surface area (Å²) in [5, 5.41) is 20.9. The minimum Gasteiger partial charge on any atom is -0.393 e. The highest BCUT2D eigenvalue weighted by molar-refractivity contribution is 5.37. The Morgan fingerprint density at radius 1 is 1.35 bits per heavy atom. The highest BCUT2D eigenvalue weighted by Gasteiger charge is 2.20. The Bertz CT molecular complexity index is 358. The summed E-state index contributed by atoms with van der Waals surface area (Å²) in [7, 11) is 0. The standard InChI is InChI=1S/C12H20N4O/c17-11-3-1-9(2-4-11)14-12-7-10-8-13-5-6-16(10)15-12/h7,9,11,13,17H,1-6,8H2,(H,14,15). The first-order chi connectivity index (χ1) is 8.31. The Morgan fingerprint density at radius 2 is 2.18 bits per heavy atom. The van der Waals surface area contributed by atoms with Crippen LogP contribution in [0.2, 0.25) is 0 Å². The van der Waals surface area contributed by atoms with Crippen molar-refractivity contribution in [2.24, 2.45) is 0 Å². The molecule has 0 spiro atoms. The Morgan fingerprint density at radius 3 is 2.94 bits per heavy atom. The molecule has 1 aromatic rings. The predicted molar refractivity (Wildman–Crippen MR) is 65.8 cm³/mol. The highest BCUT2D eigenvalue weighted by Crippen LogP contribution is 2.22. The molecule has 0 atom stereocenters. The maximum atomic E-state index is 9.47. The lowest BCUT2D eigenvalue weighted by molar-refractivity contribution is 0.126. The van der Waals surface area contributed by atoms with Gasteiger partial charge in [-0.3, -0.25) is 4.68 Å². The van der Waals surface area contributed by atoms with Crippen molar-refractivity contribution >= 4 is 5.82 Å². The first-order valence-electron chi connectivity index (χ1n) is 6.53. The van der Waals surface area contributed by atoms with Crippen molar-refractivity contribution < 1.29 is 5.11 Å². The predicted octanol–water partition coefficient (Wildman–Crippen LogP) is 0.702. The van der Waals surface area contributed by atoms with E-state index in [2.05, 4.69) is 26.5 Å². The third kappa shape index (κ3) is 2.45. The normalized spacial score (nSPS) is 28.8. The van der Waals surface area contributed by atoms with Gasteiger partial charge in [0.2, 0.25) is 0 Å². The molecule has 2 aliphatic rings. The molecule has 1 aliphatic heterocycles. The fraction of sp³-hybridized carbons (Fsp3) is 0.750. The van der Waals surface area contributed by atoms with E-state index < -0.39 is 0 Å². The van der Waals surface area contributed by atoms with Crippen molar-refractivity contribution in [2.45, 2.75) is 50.9 Å². The molecule has 94 valence electrons. The van der Waals surface area contributed by atoms with Crippen molar-refractivity contribution in [1.82, 2.24) is 15.1 Å². The SMILES string of the molecule is OC1CCC(Nc2cc3n(n2)CCNC3)CC1. The van der Waals surface area contributed by atoms with Gasteiger partial charge >= 0.3 is 0 Å².